The molecular weight excluding hydrogens is 1010 g/mol. The van der Waals surface area contributed by atoms with Crippen LogP contribution < -0.4 is 9.44 Å². The quantitative estimate of drug-likeness (QED) is 0.0376. The van der Waals surface area contributed by atoms with Crippen LogP contribution in [-0.4, -0.2) is 252 Å². The summed E-state index contributed by atoms with van der Waals surface area (Å²) >= 11 is 0. The second-order valence-corrected chi connectivity index (χ2v) is 18.5. The van der Waals surface area contributed by atoms with Crippen LogP contribution in [0.2, 0.25) is 0 Å². The highest BCUT2D eigenvalue weighted by atomic mass is 32.3. The van der Waals surface area contributed by atoms with Gasteiger partial charge >= 0.3 is 11.9 Å². The first kappa shape index (κ1) is 56.4. The van der Waals surface area contributed by atoms with Crippen LogP contribution in [-0.2, 0) is 97.3 Å². The van der Waals surface area contributed by atoms with Gasteiger partial charge in [-0.25, -0.2) is 52.7 Å². The Morgan fingerprint density at radius 2 is 0.924 bits per heavy atom. The van der Waals surface area contributed by atoms with Crippen molar-refractivity contribution in [1.29, 1.82) is 0 Å². The number of hydrogen-bond acceptors (Lipinski definition) is 31. The number of hydrogen-bond donors (Lipinski definition) is 11. The molecule has 39 heteroatoms. The van der Waals surface area contributed by atoms with Crippen LogP contribution in [0.15, 0.2) is 0 Å². The van der Waals surface area contributed by atoms with Gasteiger partial charge in [-0.15, -0.1) is 0 Å². The van der Waals surface area contributed by atoms with Crippen molar-refractivity contribution in [2.24, 2.45) is 0 Å². The Bertz CT molecular complexity index is 2120. The van der Waals surface area contributed by atoms with E-state index in [1.165, 1.54) is 16.4 Å². The van der Waals surface area contributed by atoms with Crippen LogP contribution >= 0.6 is 0 Å². The first-order valence-corrected chi connectivity index (χ1v) is 23.8. The molecule has 0 aromatic heterocycles. The molecule has 0 bridgehead atoms. The van der Waals surface area contributed by atoms with E-state index >= 15 is 0 Å². The third kappa shape index (κ3) is 14.4. The average Bonchev–Trinajstić information content (AvgIpc) is 3.17. The molecule has 4 heterocycles. The molecule has 20 atom stereocenters. The van der Waals surface area contributed by atoms with Crippen LogP contribution in [0.4, 0.5) is 0 Å². The molecule has 0 spiro atoms. The highest BCUT2D eigenvalue weighted by Gasteiger charge is 2.59. The van der Waals surface area contributed by atoms with E-state index in [4.69, 9.17) is 37.9 Å². The van der Waals surface area contributed by atoms with E-state index in [1.54, 1.807) is 0 Å². The monoisotopic (exact) mass is 1050 g/mol. The van der Waals surface area contributed by atoms with Crippen LogP contribution in [0.5, 0.6) is 0 Å². The minimum atomic E-state index is -6.12. The summed E-state index contributed by atoms with van der Waals surface area (Å²) in [7, 11) is -23.4. The van der Waals surface area contributed by atoms with Crippen LogP contribution in [0.3, 0.4) is 0 Å². The number of nitrogens with one attached hydrogen (secondary N) is 2. The molecule has 4 aliphatic rings. The van der Waals surface area contributed by atoms with Gasteiger partial charge in [-0.05, 0) is 6.42 Å². The number of carboxylic acid groups (broad SMARTS) is 2. The zero-order valence-electron chi connectivity index (χ0n) is 32.8. The van der Waals surface area contributed by atoms with Gasteiger partial charge in [-0.1, -0.05) is 6.92 Å². The zero-order chi connectivity index (χ0) is 50.0. The largest absolute Gasteiger partial charge is 0.735 e. The Labute approximate surface area is 371 Å². The Balaban J connectivity index is 1.72. The van der Waals surface area contributed by atoms with Gasteiger partial charge in [0.05, 0.1) is 13.2 Å². The molecule has 0 aromatic rings. The molecule has 4 fully saturated rings. The number of aliphatic hydroxyl groups excluding tert-OH is 7. The second kappa shape index (κ2) is 22.3. The molecule has 4 aliphatic heterocycles. The van der Waals surface area contributed by atoms with Gasteiger partial charge in [-0.2, -0.15) is 0 Å². The molecule has 0 amide bonds. The van der Waals surface area contributed by atoms with E-state index in [2.05, 4.69) is 8.37 Å². The van der Waals surface area contributed by atoms with E-state index in [9.17, 15) is 107 Å². The van der Waals surface area contributed by atoms with Gasteiger partial charge in [0.2, 0.25) is 20.8 Å². The second-order valence-electron chi connectivity index (χ2n) is 14.2. The third-order valence-corrected chi connectivity index (χ3v) is 11.7. The number of ether oxygens (including phenoxy) is 8. The predicted octanol–water partition coefficient (Wildman–Crippen LogP) is -11.0. The molecule has 0 unspecified atom stereocenters. The summed E-state index contributed by atoms with van der Waals surface area (Å²) in [5, 5.41) is 94.5. The van der Waals surface area contributed by atoms with Gasteiger partial charge < -0.3 is 102 Å². The van der Waals surface area contributed by atoms with Gasteiger partial charge in [0.1, 0.15) is 73.1 Å². The maximum Gasteiger partial charge on any atom is 0.335 e. The first-order valence-electron chi connectivity index (χ1n) is 18.3. The van der Waals surface area contributed by atoms with Crippen molar-refractivity contribution in [2.75, 3.05) is 19.8 Å². The normalized spacial score (nSPS) is 40.7. The Kier molecular flexibility index (Phi) is 19.0. The van der Waals surface area contributed by atoms with Crippen LogP contribution in [0.25, 0.3) is 0 Å². The summed E-state index contributed by atoms with van der Waals surface area (Å²) in [4.78, 5) is 24.8. The van der Waals surface area contributed by atoms with E-state index in [-0.39, 0.29) is 13.0 Å². The summed E-state index contributed by atoms with van der Waals surface area (Å²) in [5.74, 6) is -4.26. The Morgan fingerprint density at radius 1 is 0.530 bits per heavy atom. The van der Waals surface area contributed by atoms with Crippen molar-refractivity contribution in [3.8, 4) is 0 Å². The van der Waals surface area contributed by atoms with E-state index in [0.29, 0.717) is 0 Å². The first-order chi connectivity index (χ1) is 30.3. The summed E-state index contributed by atoms with van der Waals surface area (Å²) < 4.78 is 194. The average molecular weight is 1050 g/mol. The number of aliphatic carboxylic acids is 2. The lowest BCUT2D eigenvalue weighted by Gasteiger charge is -2.50. The summed E-state index contributed by atoms with van der Waals surface area (Å²) in [6.07, 6.45) is -45.6. The number of carbonyl (C=O) groups is 2. The fourth-order valence-corrected chi connectivity index (χ4v) is 9.03. The molecular formula is C27H42N2O33S4-4. The smallest absolute Gasteiger partial charge is 0.335 e. The lowest BCUT2D eigenvalue weighted by atomic mass is 9.94. The fourth-order valence-electron chi connectivity index (χ4n) is 6.91. The summed E-state index contributed by atoms with van der Waals surface area (Å²) in [6, 6.07) is -5.09. The highest BCUT2D eigenvalue weighted by molar-refractivity contribution is 7.84. The van der Waals surface area contributed by atoms with Gasteiger partial charge in [0, 0.05) is 6.61 Å². The molecule has 4 rings (SSSR count). The van der Waals surface area contributed by atoms with Crippen molar-refractivity contribution in [2.45, 2.75) is 136 Å². The standard InChI is InChI=1S/C27H46N2O33S4/c1-2-3-53-26-18(61-65(47,48)49)13(35)16(20(59-26)22(37)38)58-25-9(29-64(44,45)46)12(34)15(7(5-31)55-25)56-27-19(62-66(50,51)52)14(36)17(21(60-27)23(39)40)57-24-8(28-63(41,42)43)11(33)10(32)6(4-30)54-24/h6-21,24-36H,2-5H2,1H3,(H,37,38)(H,39,40)(H,41,42,43)(H,44,45,46)(H,47,48,49)(H,50,51,52)/p-4/t6-,7-,8-,9-,10-,11-,12-,13+,14+,15-,16+,17+,18-,19-,20-,21-,24-,25-,26-,27-/m1/s1. The lowest BCUT2D eigenvalue weighted by Crippen LogP contribution is -2.70. The zero-order valence-corrected chi connectivity index (χ0v) is 36.1. The Hall–Kier alpha value is -2.18. The SMILES string of the molecule is CCCO[C@@H]1O[C@@H](C(=O)O)[C@@H](O[C@H]2O[C@H](CO)[C@@H](O[C@@H]3O[C@@H](C(=O)O)[C@@H](O[C@H]4O[C@H](CO)[C@@H](O)[C@H](O)[C@H]4NS(=O)(=O)[O-])[C@H](O)[C@H]3OS(=O)(=O)[O-])[C@H](O)[C@H]2NS(=O)(=O)[O-])[C@H](O)[C@H]1OS(=O)(=O)[O-]. The maximum absolute atomic E-state index is 12.5. The van der Waals surface area contributed by atoms with E-state index in [0.717, 1.165) is 0 Å². The van der Waals surface area contributed by atoms with Gasteiger partial charge in [0.15, 0.2) is 70.2 Å². The molecule has 386 valence electrons. The van der Waals surface area contributed by atoms with E-state index in [1.807, 2.05) is 0 Å². The summed E-state index contributed by atoms with van der Waals surface area (Å²) in [5.41, 5.74) is 0. The van der Waals surface area contributed by atoms with Gasteiger partial charge in [0.25, 0.3) is 0 Å². The molecule has 0 radical (unpaired) electrons. The van der Waals surface area contributed by atoms with Crippen molar-refractivity contribution in [3.63, 3.8) is 0 Å². The van der Waals surface area contributed by atoms with Crippen LogP contribution in [0, 0.1) is 0 Å². The Morgan fingerprint density at radius 3 is 1.32 bits per heavy atom. The third-order valence-electron chi connectivity index (χ3n) is 9.64. The molecule has 66 heavy (non-hydrogen) atoms. The highest BCUT2D eigenvalue weighted by Crippen LogP contribution is 2.36. The molecule has 0 saturated carbocycles. The number of carboxylic acids is 2. The van der Waals surface area contributed by atoms with E-state index < -0.39 is 189 Å². The van der Waals surface area contributed by atoms with Crippen molar-refractivity contribution < 1.29 is 154 Å². The molecule has 4 saturated heterocycles. The van der Waals surface area contributed by atoms with Crippen molar-refractivity contribution in [3.05, 3.63) is 0 Å². The van der Waals surface area contributed by atoms with Gasteiger partial charge in [-0.3, -0.25) is 8.37 Å². The lowest BCUT2D eigenvalue weighted by molar-refractivity contribution is -0.368. The minimum absolute atomic E-state index is 0.157. The van der Waals surface area contributed by atoms with Crippen LogP contribution in [0.1, 0.15) is 13.3 Å². The molecule has 0 aromatic carbocycles. The molecule has 11 N–H and O–H groups in total. The number of rotatable bonds is 21. The fraction of sp³-hybridized carbons (Fsp3) is 0.926. The maximum atomic E-state index is 12.5. The topological polar surface area (TPSA) is 561 Å². The molecule has 0 aliphatic carbocycles. The minimum Gasteiger partial charge on any atom is -0.735 e. The summed E-state index contributed by atoms with van der Waals surface area (Å²) in [6.45, 7) is -1.47. The predicted molar refractivity (Wildman–Crippen MR) is 187 cm³/mol. The van der Waals surface area contributed by atoms with Crippen molar-refractivity contribution in [1.82, 2.24) is 9.44 Å². The number of aliphatic hydroxyl groups is 7. The molecule has 35 nitrogen and oxygen atoms in total. The van der Waals surface area contributed by atoms with Crippen molar-refractivity contribution >= 4 is 53.3 Å².